The highest BCUT2D eigenvalue weighted by atomic mass is 32.1. The van der Waals surface area contributed by atoms with Gasteiger partial charge in [0, 0.05) is 24.5 Å². The van der Waals surface area contributed by atoms with E-state index in [2.05, 4.69) is 58.7 Å². The number of rotatable bonds is 7. The van der Waals surface area contributed by atoms with Gasteiger partial charge in [0.15, 0.2) is 5.13 Å². The molecular weight excluding hydrogens is 426 g/mol. The Hall–Kier alpha value is -3.40. The van der Waals surface area contributed by atoms with Crippen LogP contribution in [0.4, 0.5) is 5.13 Å². The number of nitrogens with two attached hydrogens (primary N) is 1. The van der Waals surface area contributed by atoms with Crippen molar-refractivity contribution in [2.45, 2.75) is 20.3 Å². The van der Waals surface area contributed by atoms with Crippen LogP contribution in [0.25, 0.3) is 11.3 Å². The molecule has 4 N–H and O–H groups in total. The Morgan fingerprint density at radius 2 is 2.03 bits per heavy atom. The minimum atomic E-state index is -0.315. The molecule has 0 unspecified atom stereocenters. The lowest BCUT2D eigenvalue weighted by Gasteiger charge is -2.33. The molecule has 2 aromatic rings. The predicted molar refractivity (Wildman–Crippen MR) is 126 cm³/mol. The quantitative estimate of drug-likeness (QED) is 0.589. The second kappa shape index (κ2) is 8.99. The Morgan fingerprint density at radius 1 is 1.28 bits per heavy atom. The smallest absolute Gasteiger partial charge is 0.280 e. The van der Waals surface area contributed by atoms with Crippen LogP contribution >= 0.6 is 11.3 Å². The molecule has 0 spiro atoms. The SMILES string of the molecule is CC(C)Cc1ccc(-c2csc(NC(=O)CNC3=C(N)N4CCN=C4N(C)C3=O)n2)cc1. The fourth-order valence-electron chi connectivity index (χ4n) is 3.70. The zero-order chi connectivity index (χ0) is 22.8. The fourth-order valence-corrected chi connectivity index (χ4v) is 4.43. The average molecular weight is 454 g/mol. The number of amides is 2. The summed E-state index contributed by atoms with van der Waals surface area (Å²) < 4.78 is 0. The molecule has 0 radical (unpaired) electrons. The van der Waals surface area contributed by atoms with Crippen LogP contribution in [0.1, 0.15) is 19.4 Å². The number of anilines is 1. The van der Waals surface area contributed by atoms with E-state index in [-0.39, 0.29) is 29.9 Å². The van der Waals surface area contributed by atoms with E-state index in [1.54, 1.807) is 11.9 Å². The molecule has 32 heavy (non-hydrogen) atoms. The number of carbonyl (C=O) groups excluding carboxylic acids is 2. The summed E-state index contributed by atoms with van der Waals surface area (Å²) in [4.78, 5) is 37.0. The summed E-state index contributed by atoms with van der Waals surface area (Å²) >= 11 is 1.36. The first-order valence-corrected chi connectivity index (χ1v) is 11.4. The zero-order valence-corrected chi connectivity index (χ0v) is 19.2. The van der Waals surface area contributed by atoms with Crippen molar-refractivity contribution in [2.24, 2.45) is 16.6 Å². The van der Waals surface area contributed by atoms with Gasteiger partial charge in [0.05, 0.1) is 18.8 Å². The molecular formula is C22H27N7O2S. The lowest BCUT2D eigenvalue weighted by molar-refractivity contribution is -0.124. The number of guanidine groups is 1. The Labute approximate surface area is 191 Å². The number of nitrogens with one attached hydrogen (secondary N) is 2. The molecule has 4 rings (SSSR count). The highest BCUT2D eigenvalue weighted by molar-refractivity contribution is 7.14. The van der Waals surface area contributed by atoms with E-state index in [1.165, 1.54) is 21.8 Å². The van der Waals surface area contributed by atoms with E-state index < -0.39 is 0 Å². The highest BCUT2D eigenvalue weighted by Crippen LogP contribution is 2.25. The molecule has 0 saturated heterocycles. The van der Waals surface area contributed by atoms with Crippen LogP contribution in [0.2, 0.25) is 0 Å². The first-order valence-electron chi connectivity index (χ1n) is 10.5. The Kier molecular flexibility index (Phi) is 6.13. The maximum absolute atomic E-state index is 12.6. The molecule has 2 amide bonds. The van der Waals surface area contributed by atoms with Crippen molar-refractivity contribution >= 4 is 34.2 Å². The molecule has 3 heterocycles. The third-order valence-corrected chi connectivity index (χ3v) is 6.01. The maximum Gasteiger partial charge on any atom is 0.280 e. The van der Waals surface area contributed by atoms with Gasteiger partial charge in [-0.25, -0.2) is 4.98 Å². The predicted octanol–water partition coefficient (Wildman–Crippen LogP) is 1.81. The summed E-state index contributed by atoms with van der Waals surface area (Å²) in [6.45, 7) is 5.48. The van der Waals surface area contributed by atoms with Crippen molar-refractivity contribution < 1.29 is 9.59 Å². The van der Waals surface area contributed by atoms with Crippen LogP contribution in [0.5, 0.6) is 0 Å². The van der Waals surface area contributed by atoms with Crippen molar-refractivity contribution in [3.8, 4) is 11.3 Å². The van der Waals surface area contributed by atoms with Gasteiger partial charge in [-0.05, 0) is 17.9 Å². The van der Waals surface area contributed by atoms with Gasteiger partial charge in [-0.15, -0.1) is 11.3 Å². The number of nitrogens with zero attached hydrogens (tertiary/aromatic N) is 4. The lowest BCUT2D eigenvalue weighted by Crippen LogP contribution is -2.53. The molecule has 0 fully saturated rings. The number of likely N-dealkylation sites (N-methyl/N-ethyl adjacent to an activating group) is 1. The van der Waals surface area contributed by atoms with Crippen LogP contribution in [-0.2, 0) is 16.0 Å². The molecule has 0 aliphatic carbocycles. The van der Waals surface area contributed by atoms with E-state index >= 15 is 0 Å². The topological polar surface area (TPSA) is 116 Å². The summed E-state index contributed by atoms with van der Waals surface area (Å²) in [5, 5.41) is 8.07. The van der Waals surface area contributed by atoms with Crippen LogP contribution < -0.4 is 16.4 Å². The molecule has 0 saturated carbocycles. The molecule has 0 atom stereocenters. The van der Waals surface area contributed by atoms with E-state index in [0.717, 1.165) is 17.7 Å². The number of aromatic nitrogens is 1. The standard InChI is InChI=1S/C22H27N7O2S/c1-13(2)10-14-4-6-15(7-5-14)16-12-32-21(26-16)27-17(30)11-25-18-19(23)29-9-8-24-22(29)28(3)20(18)31/h4-7,12-13,25H,8-11,23H2,1-3H3,(H,26,27,30). The molecule has 1 aromatic carbocycles. The van der Waals surface area contributed by atoms with Crippen molar-refractivity contribution in [3.05, 3.63) is 46.7 Å². The Bertz CT molecular complexity index is 1090. The van der Waals surface area contributed by atoms with Crippen molar-refractivity contribution in [1.82, 2.24) is 20.1 Å². The lowest BCUT2D eigenvalue weighted by atomic mass is 10.0. The molecule has 1 aromatic heterocycles. The number of thiazole rings is 1. The van der Waals surface area contributed by atoms with Crippen LogP contribution in [-0.4, -0.2) is 59.2 Å². The fraction of sp³-hybridized carbons (Fsp3) is 0.364. The van der Waals surface area contributed by atoms with E-state index in [4.69, 9.17) is 5.73 Å². The summed E-state index contributed by atoms with van der Waals surface area (Å²) in [7, 11) is 1.64. The van der Waals surface area contributed by atoms with E-state index in [9.17, 15) is 9.59 Å². The normalized spacial score (nSPS) is 15.9. The number of carbonyl (C=O) groups is 2. The van der Waals surface area contributed by atoms with Crippen molar-refractivity contribution in [3.63, 3.8) is 0 Å². The molecule has 168 valence electrons. The van der Waals surface area contributed by atoms with E-state index in [1.807, 2.05) is 5.38 Å². The molecule has 0 bridgehead atoms. The van der Waals surface area contributed by atoms with Gasteiger partial charge < -0.3 is 16.4 Å². The van der Waals surface area contributed by atoms with Crippen molar-refractivity contribution in [2.75, 3.05) is 32.0 Å². The first-order chi connectivity index (χ1) is 15.3. The monoisotopic (exact) mass is 453 g/mol. The van der Waals surface area contributed by atoms with Gasteiger partial charge in [0.1, 0.15) is 11.5 Å². The molecule has 2 aliphatic heterocycles. The number of hydrogen-bond acceptors (Lipinski definition) is 8. The number of fused-ring (bicyclic) bond motifs is 1. The maximum atomic E-state index is 12.6. The molecule has 10 heteroatoms. The van der Waals surface area contributed by atoms with Gasteiger partial charge in [0.25, 0.3) is 5.91 Å². The van der Waals surface area contributed by atoms with Crippen molar-refractivity contribution in [1.29, 1.82) is 0 Å². The zero-order valence-electron chi connectivity index (χ0n) is 18.4. The third-order valence-electron chi connectivity index (χ3n) is 5.25. The molecule has 9 nitrogen and oxygen atoms in total. The minimum Gasteiger partial charge on any atom is -0.383 e. The Morgan fingerprint density at radius 3 is 2.75 bits per heavy atom. The number of hydrogen-bond donors (Lipinski definition) is 3. The summed E-state index contributed by atoms with van der Waals surface area (Å²) in [5.74, 6) is 0.806. The second-order valence-electron chi connectivity index (χ2n) is 8.19. The number of benzene rings is 1. The van der Waals surface area contributed by atoms with Gasteiger partial charge in [-0.3, -0.25) is 24.4 Å². The van der Waals surface area contributed by atoms with Gasteiger partial charge in [-0.1, -0.05) is 38.1 Å². The summed E-state index contributed by atoms with van der Waals surface area (Å²) in [6.07, 6.45) is 1.04. The number of aliphatic imine (C=N–C) groups is 1. The summed E-state index contributed by atoms with van der Waals surface area (Å²) in [6, 6.07) is 8.33. The van der Waals surface area contributed by atoms with Gasteiger partial charge >= 0.3 is 0 Å². The van der Waals surface area contributed by atoms with Gasteiger partial charge in [-0.2, -0.15) is 0 Å². The third kappa shape index (κ3) is 4.45. The van der Waals surface area contributed by atoms with Gasteiger partial charge in [0.2, 0.25) is 11.9 Å². The second-order valence-corrected chi connectivity index (χ2v) is 9.05. The van der Waals surface area contributed by atoms with Crippen LogP contribution in [0.15, 0.2) is 46.2 Å². The summed E-state index contributed by atoms with van der Waals surface area (Å²) in [5.41, 5.74) is 9.44. The average Bonchev–Trinajstić information content (AvgIpc) is 3.42. The Balaban J connectivity index is 1.36. The molecule has 2 aliphatic rings. The van der Waals surface area contributed by atoms with Crippen LogP contribution in [0, 0.1) is 5.92 Å². The minimum absolute atomic E-state index is 0.102. The largest absolute Gasteiger partial charge is 0.383 e. The first kappa shape index (κ1) is 21.8. The van der Waals surface area contributed by atoms with Crippen LogP contribution in [0.3, 0.4) is 0 Å². The van der Waals surface area contributed by atoms with E-state index in [0.29, 0.717) is 30.1 Å². The highest BCUT2D eigenvalue weighted by Gasteiger charge is 2.36.